The molecule has 1 aromatic carbocycles. The van der Waals surface area contributed by atoms with Crippen LogP contribution in [0.4, 0.5) is 0 Å². The Labute approximate surface area is 118 Å². The monoisotopic (exact) mass is 279 g/mol. The van der Waals surface area contributed by atoms with Gasteiger partial charge in [-0.1, -0.05) is 6.07 Å². The maximum atomic E-state index is 10.8. The molecule has 110 valence electrons. The number of benzene rings is 1. The second kappa shape index (κ2) is 5.32. The summed E-state index contributed by atoms with van der Waals surface area (Å²) in [5.41, 5.74) is 0.805. The number of carboxylic acid groups (broad SMARTS) is 1. The molecule has 1 aromatic rings. The highest BCUT2D eigenvalue weighted by molar-refractivity contribution is 5.72. The maximum absolute atomic E-state index is 10.8. The molecule has 0 spiro atoms. The third-order valence-corrected chi connectivity index (χ3v) is 3.45. The van der Waals surface area contributed by atoms with Crippen LogP contribution in [-0.2, 0) is 4.79 Å². The minimum absolute atomic E-state index is 0.222. The quantitative estimate of drug-likeness (QED) is 0.885. The van der Waals surface area contributed by atoms with Gasteiger partial charge in [-0.3, -0.25) is 0 Å². The molecule has 2 N–H and O–H groups in total. The van der Waals surface area contributed by atoms with Crippen molar-refractivity contribution in [3.63, 3.8) is 0 Å². The zero-order chi connectivity index (χ0) is 14.9. The van der Waals surface area contributed by atoms with Gasteiger partial charge in [0.1, 0.15) is 17.1 Å². The molecular formula is C15H21NO4. The number of carboxylic acids is 1. The topological polar surface area (TPSA) is 67.8 Å². The van der Waals surface area contributed by atoms with E-state index in [2.05, 4.69) is 5.32 Å². The molecule has 20 heavy (non-hydrogen) atoms. The lowest BCUT2D eigenvalue weighted by Crippen LogP contribution is -2.38. The third-order valence-electron chi connectivity index (χ3n) is 3.45. The number of hydrogen-bond donors (Lipinski definition) is 2. The van der Waals surface area contributed by atoms with E-state index in [-0.39, 0.29) is 11.6 Å². The van der Waals surface area contributed by atoms with Gasteiger partial charge in [-0.2, -0.15) is 0 Å². The van der Waals surface area contributed by atoms with Gasteiger partial charge < -0.3 is 19.9 Å². The Morgan fingerprint density at radius 1 is 1.55 bits per heavy atom. The largest absolute Gasteiger partial charge is 0.487 e. The van der Waals surface area contributed by atoms with Gasteiger partial charge in [0.25, 0.3) is 0 Å². The molecule has 1 heterocycles. The highest BCUT2D eigenvalue weighted by Crippen LogP contribution is 2.41. The first-order valence-electron chi connectivity index (χ1n) is 6.72. The van der Waals surface area contributed by atoms with Crippen LogP contribution in [0.3, 0.4) is 0 Å². The van der Waals surface area contributed by atoms with E-state index < -0.39 is 12.1 Å². The molecule has 0 saturated heterocycles. The van der Waals surface area contributed by atoms with E-state index in [0.717, 1.165) is 17.7 Å². The lowest BCUT2D eigenvalue weighted by molar-refractivity contribution is -0.144. The molecule has 0 aliphatic carbocycles. The normalized spacial score (nSPS) is 21.5. The summed E-state index contributed by atoms with van der Waals surface area (Å²) in [4.78, 5) is 10.8. The first-order chi connectivity index (χ1) is 9.32. The average molecular weight is 279 g/mol. The Bertz CT molecular complexity index is 513. The van der Waals surface area contributed by atoms with Crippen LogP contribution in [-0.4, -0.2) is 29.8 Å². The summed E-state index contributed by atoms with van der Waals surface area (Å²) in [6.45, 7) is 5.57. The molecule has 0 fully saturated rings. The molecule has 1 aliphatic rings. The Kier molecular flexibility index (Phi) is 3.90. The number of carbonyl (C=O) groups is 1. The smallest absolute Gasteiger partial charge is 0.344 e. The first kappa shape index (κ1) is 14.7. The second-order valence-corrected chi connectivity index (χ2v) is 5.71. The van der Waals surface area contributed by atoms with E-state index in [4.69, 9.17) is 14.6 Å². The van der Waals surface area contributed by atoms with E-state index in [0.29, 0.717) is 5.75 Å². The molecular weight excluding hydrogens is 258 g/mol. The molecule has 5 heteroatoms. The van der Waals surface area contributed by atoms with E-state index >= 15 is 0 Å². The van der Waals surface area contributed by atoms with Crippen molar-refractivity contribution >= 4 is 5.97 Å². The van der Waals surface area contributed by atoms with Gasteiger partial charge in [0.05, 0.1) is 0 Å². The SMILES string of the molecule is CNC1CC(C)(C)Oc2cc(OC(C)C(=O)O)ccc21. The molecule has 0 amide bonds. The maximum Gasteiger partial charge on any atom is 0.344 e. The van der Waals surface area contributed by atoms with Crippen LogP contribution in [0.2, 0.25) is 0 Å². The number of ether oxygens (including phenoxy) is 2. The summed E-state index contributed by atoms with van der Waals surface area (Å²) in [6.07, 6.45) is -0.00728. The lowest BCUT2D eigenvalue weighted by atomic mass is 9.90. The van der Waals surface area contributed by atoms with Crippen molar-refractivity contribution < 1.29 is 19.4 Å². The molecule has 2 rings (SSSR count). The molecule has 2 atom stereocenters. The van der Waals surface area contributed by atoms with Crippen molar-refractivity contribution in [3.8, 4) is 11.5 Å². The van der Waals surface area contributed by atoms with Gasteiger partial charge in [-0.25, -0.2) is 4.79 Å². The van der Waals surface area contributed by atoms with Crippen molar-refractivity contribution in [1.29, 1.82) is 0 Å². The summed E-state index contributed by atoms with van der Waals surface area (Å²) in [5.74, 6) is 0.263. The lowest BCUT2D eigenvalue weighted by Gasteiger charge is -2.37. The molecule has 0 bridgehead atoms. The number of nitrogens with one attached hydrogen (secondary N) is 1. The predicted molar refractivity (Wildman–Crippen MR) is 75.3 cm³/mol. The Morgan fingerprint density at radius 2 is 2.25 bits per heavy atom. The van der Waals surface area contributed by atoms with E-state index in [1.807, 2.05) is 27.0 Å². The Balaban J connectivity index is 2.28. The third kappa shape index (κ3) is 3.04. The summed E-state index contributed by atoms with van der Waals surface area (Å²) >= 11 is 0. The van der Waals surface area contributed by atoms with E-state index in [9.17, 15) is 4.79 Å². The van der Waals surface area contributed by atoms with Crippen molar-refractivity contribution in [2.24, 2.45) is 0 Å². The van der Waals surface area contributed by atoms with Crippen LogP contribution in [0.15, 0.2) is 18.2 Å². The van der Waals surface area contributed by atoms with Crippen molar-refractivity contribution in [1.82, 2.24) is 5.32 Å². The van der Waals surface area contributed by atoms with Gasteiger partial charge in [0.15, 0.2) is 6.10 Å². The fourth-order valence-corrected chi connectivity index (χ4v) is 2.42. The van der Waals surface area contributed by atoms with Crippen LogP contribution < -0.4 is 14.8 Å². The summed E-state index contributed by atoms with van der Waals surface area (Å²) in [6, 6.07) is 5.69. The highest BCUT2D eigenvalue weighted by Gasteiger charge is 2.33. The number of rotatable bonds is 4. The van der Waals surface area contributed by atoms with Gasteiger partial charge >= 0.3 is 5.97 Å². The minimum atomic E-state index is -0.989. The van der Waals surface area contributed by atoms with Crippen LogP contribution >= 0.6 is 0 Å². The Morgan fingerprint density at radius 3 is 2.85 bits per heavy atom. The molecule has 2 unspecified atom stereocenters. The van der Waals surface area contributed by atoms with E-state index in [1.54, 1.807) is 12.1 Å². The Hall–Kier alpha value is -1.75. The molecule has 1 aliphatic heterocycles. The summed E-state index contributed by atoms with van der Waals surface area (Å²) in [7, 11) is 1.92. The van der Waals surface area contributed by atoms with Crippen LogP contribution in [0.1, 0.15) is 38.8 Å². The van der Waals surface area contributed by atoms with Gasteiger partial charge in [0, 0.05) is 24.1 Å². The zero-order valence-electron chi connectivity index (χ0n) is 12.3. The van der Waals surface area contributed by atoms with Gasteiger partial charge in [-0.15, -0.1) is 0 Å². The minimum Gasteiger partial charge on any atom is -0.487 e. The molecule has 5 nitrogen and oxygen atoms in total. The van der Waals surface area contributed by atoms with Crippen LogP contribution in [0, 0.1) is 0 Å². The van der Waals surface area contributed by atoms with Crippen LogP contribution in [0.5, 0.6) is 11.5 Å². The highest BCUT2D eigenvalue weighted by atomic mass is 16.5. The van der Waals surface area contributed by atoms with Gasteiger partial charge in [0.2, 0.25) is 0 Å². The fourth-order valence-electron chi connectivity index (χ4n) is 2.42. The number of hydrogen-bond acceptors (Lipinski definition) is 4. The van der Waals surface area contributed by atoms with Crippen LogP contribution in [0.25, 0.3) is 0 Å². The standard InChI is InChI=1S/C15H21NO4/c1-9(14(17)18)19-10-5-6-11-12(16-4)8-15(2,3)20-13(11)7-10/h5-7,9,12,16H,8H2,1-4H3,(H,17,18). The number of aliphatic carboxylic acids is 1. The van der Waals surface area contributed by atoms with E-state index in [1.165, 1.54) is 6.92 Å². The fraction of sp³-hybridized carbons (Fsp3) is 0.533. The summed E-state index contributed by atoms with van der Waals surface area (Å²) < 4.78 is 11.3. The molecule has 0 radical (unpaired) electrons. The zero-order valence-corrected chi connectivity index (χ0v) is 12.3. The first-order valence-corrected chi connectivity index (χ1v) is 6.72. The second-order valence-electron chi connectivity index (χ2n) is 5.71. The molecule has 0 aromatic heterocycles. The summed E-state index contributed by atoms with van der Waals surface area (Å²) in [5, 5.41) is 12.2. The predicted octanol–water partition coefficient (Wildman–Crippen LogP) is 2.36. The average Bonchev–Trinajstić information content (AvgIpc) is 2.36. The molecule has 0 saturated carbocycles. The van der Waals surface area contributed by atoms with Crippen molar-refractivity contribution in [3.05, 3.63) is 23.8 Å². The number of fused-ring (bicyclic) bond motifs is 1. The van der Waals surface area contributed by atoms with Crippen molar-refractivity contribution in [2.75, 3.05) is 7.05 Å². The van der Waals surface area contributed by atoms with Gasteiger partial charge in [-0.05, 0) is 33.9 Å². The van der Waals surface area contributed by atoms with Crippen molar-refractivity contribution in [2.45, 2.75) is 44.9 Å².